The summed E-state index contributed by atoms with van der Waals surface area (Å²) in [5, 5.41) is 0. The molecule has 0 aromatic rings. The van der Waals surface area contributed by atoms with Gasteiger partial charge in [-0.05, 0) is 0 Å². The molecule has 0 rings (SSSR count). The molecule has 0 saturated carbocycles. The molecular weight excluding hydrogens is 235 g/mol. The van der Waals surface area contributed by atoms with Gasteiger partial charge < -0.3 is 12.5 Å². The lowest BCUT2D eigenvalue weighted by molar-refractivity contribution is 0.0472. The number of hydrogen-bond donors (Lipinski definition) is 0. The molecule has 0 unspecified atom stereocenters. The molecule has 3 nitrogen and oxygen atoms in total. The molecule has 0 fully saturated rings. The van der Waals surface area contributed by atoms with Gasteiger partial charge in [0.15, 0.2) is 0 Å². The third-order valence-electron chi connectivity index (χ3n) is 0.831. The standard InChI is InChI=1S/C5H11IO3/c1-7-3-5(9-6)4-8-2/h5H,3-4H2,1-2H3. The Morgan fingerprint density at radius 1 is 1.22 bits per heavy atom. The van der Waals surface area contributed by atoms with Crippen molar-refractivity contribution in [1.29, 1.82) is 0 Å². The fraction of sp³-hybridized carbons (Fsp3) is 1.00. The predicted octanol–water partition coefficient (Wildman–Crippen LogP) is 1.01. The summed E-state index contributed by atoms with van der Waals surface area (Å²) in [6.45, 7) is 1.16. The third kappa shape index (κ3) is 5.07. The molecule has 0 spiro atoms. The smallest absolute Gasteiger partial charge is 0.117 e. The van der Waals surface area contributed by atoms with Gasteiger partial charge in [-0.1, -0.05) is 0 Å². The molecule has 0 aliphatic heterocycles. The van der Waals surface area contributed by atoms with Gasteiger partial charge in [-0.15, -0.1) is 0 Å². The zero-order valence-electron chi connectivity index (χ0n) is 5.59. The highest BCUT2D eigenvalue weighted by molar-refractivity contribution is 14.1. The lowest BCUT2D eigenvalue weighted by atomic mass is 10.4. The van der Waals surface area contributed by atoms with Crippen LogP contribution >= 0.6 is 23.0 Å². The van der Waals surface area contributed by atoms with Crippen molar-refractivity contribution in [3.63, 3.8) is 0 Å². The van der Waals surface area contributed by atoms with Crippen LogP contribution in [0.2, 0.25) is 0 Å². The van der Waals surface area contributed by atoms with Gasteiger partial charge in [0.1, 0.15) is 29.1 Å². The van der Waals surface area contributed by atoms with E-state index in [9.17, 15) is 0 Å². The highest BCUT2D eigenvalue weighted by Crippen LogP contribution is 1.98. The van der Waals surface area contributed by atoms with E-state index in [1.807, 2.05) is 23.0 Å². The molecule has 9 heavy (non-hydrogen) atoms. The van der Waals surface area contributed by atoms with Gasteiger partial charge in [0.2, 0.25) is 0 Å². The first kappa shape index (κ1) is 9.61. The van der Waals surface area contributed by atoms with Crippen LogP contribution in [0.15, 0.2) is 0 Å². The lowest BCUT2D eigenvalue weighted by Gasteiger charge is -2.09. The van der Waals surface area contributed by atoms with Crippen LogP contribution in [0.25, 0.3) is 0 Å². The van der Waals surface area contributed by atoms with Crippen LogP contribution in [0, 0.1) is 0 Å². The van der Waals surface area contributed by atoms with Crippen LogP contribution in [0.1, 0.15) is 0 Å². The Morgan fingerprint density at radius 3 is 1.89 bits per heavy atom. The summed E-state index contributed by atoms with van der Waals surface area (Å²) in [4.78, 5) is 0. The molecular formula is C5H11IO3. The van der Waals surface area contributed by atoms with Crippen molar-refractivity contribution in [2.24, 2.45) is 0 Å². The molecule has 0 heterocycles. The van der Waals surface area contributed by atoms with E-state index in [-0.39, 0.29) is 6.10 Å². The number of halogens is 1. The van der Waals surface area contributed by atoms with Crippen molar-refractivity contribution in [2.45, 2.75) is 6.10 Å². The molecule has 0 N–H and O–H groups in total. The highest BCUT2D eigenvalue weighted by Gasteiger charge is 2.05. The monoisotopic (exact) mass is 246 g/mol. The Kier molecular flexibility index (Phi) is 7.18. The molecule has 0 aliphatic carbocycles. The summed E-state index contributed by atoms with van der Waals surface area (Å²) in [5.74, 6) is 0. The molecule has 0 aliphatic rings. The zero-order chi connectivity index (χ0) is 7.11. The fourth-order valence-electron chi connectivity index (χ4n) is 0.471. The van der Waals surface area contributed by atoms with Crippen molar-refractivity contribution in [3.05, 3.63) is 0 Å². The van der Waals surface area contributed by atoms with Crippen molar-refractivity contribution >= 4 is 23.0 Å². The van der Waals surface area contributed by atoms with Crippen LogP contribution in [-0.2, 0) is 12.5 Å². The van der Waals surface area contributed by atoms with Crippen LogP contribution in [0.4, 0.5) is 0 Å². The van der Waals surface area contributed by atoms with Crippen molar-refractivity contribution < 1.29 is 12.5 Å². The van der Waals surface area contributed by atoms with Gasteiger partial charge in [0.05, 0.1) is 13.2 Å². The second-order valence-electron chi connectivity index (χ2n) is 1.62. The average Bonchev–Trinajstić information content (AvgIpc) is 1.88. The summed E-state index contributed by atoms with van der Waals surface area (Å²) in [7, 11) is 3.27. The molecule has 0 radical (unpaired) electrons. The van der Waals surface area contributed by atoms with Gasteiger partial charge >= 0.3 is 0 Å². The van der Waals surface area contributed by atoms with E-state index in [0.717, 1.165) is 0 Å². The Labute approximate surface area is 69.4 Å². The summed E-state index contributed by atoms with van der Waals surface area (Å²) >= 11 is 1.84. The zero-order valence-corrected chi connectivity index (χ0v) is 7.75. The number of hydrogen-bond acceptors (Lipinski definition) is 3. The Hall–Kier alpha value is 0.610. The van der Waals surface area contributed by atoms with Gasteiger partial charge in [-0.2, -0.15) is 0 Å². The highest BCUT2D eigenvalue weighted by atomic mass is 127. The number of ether oxygens (including phenoxy) is 2. The van der Waals surface area contributed by atoms with Crippen LogP contribution in [0.5, 0.6) is 0 Å². The van der Waals surface area contributed by atoms with Crippen LogP contribution in [0.3, 0.4) is 0 Å². The molecule has 4 heteroatoms. The maximum Gasteiger partial charge on any atom is 0.117 e. The Balaban J connectivity index is 3.18. The number of methoxy groups -OCH3 is 2. The SMILES string of the molecule is COCC(COC)OI. The first-order valence-electron chi connectivity index (χ1n) is 2.60. The predicted molar refractivity (Wildman–Crippen MR) is 42.6 cm³/mol. The average molecular weight is 246 g/mol. The summed E-state index contributed by atoms with van der Waals surface area (Å²) in [6, 6.07) is 0. The van der Waals surface area contributed by atoms with Crippen molar-refractivity contribution in [3.8, 4) is 0 Å². The summed E-state index contributed by atoms with van der Waals surface area (Å²) in [6.07, 6.45) is 0.0561. The quantitative estimate of drug-likeness (QED) is 0.677. The van der Waals surface area contributed by atoms with E-state index >= 15 is 0 Å². The van der Waals surface area contributed by atoms with Crippen molar-refractivity contribution in [1.82, 2.24) is 0 Å². The second-order valence-corrected chi connectivity index (χ2v) is 2.13. The second kappa shape index (κ2) is 6.73. The minimum absolute atomic E-state index is 0.0561. The molecule has 0 aromatic heterocycles. The van der Waals surface area contributed by atoms with E-state index < -0.39 is 0 Å². The molecule has 0 bridgehead atoms. The van der Waals surface area contributed by atoms with E-state index in [0.29, 0.717) is 13.2 Å². The lowest BCUT2D eigenvalue weighted by Crippen LogP contribution is -2.20. The largest absolute Gasteiger partial charge is 0.382 e. The van der Waals surface area contributed by atoms with Gasteiger partial charge in [0, 0.05) is 14.2 Å². The third-order valence-corrected chi connectivity index (χ3v) is 1.55. The summed E-state index contributed by atoms with van der Waals surface area (Å²) < 4.78 is 14.6. The maximum absolute atomic E-state index is 4.95. The minimum Gasteiger partial charge on any atom is -0.382 e. The van der Waals surface area contributed by atoms with E-state index in [2.05, 4.69) is 0 Å². The normalized spacial score (nSPS) is 10.7. The van der Waals surface area contributed by atoms with Crippen molar-refractivity contribution in [2.75, 3.05) is 27.4 Å². The van der Waals surface area contributed by atoms with E-state index in [4.69, 9.17) is 12.5 Å². The molecule has 0 saturated heterocycles. The van der Waals surface area contributed by atoms with Crippen LogP contribution < -0.4 is 0 Å². The topological polar surface area (TPSA) is 27.7 Å². The minimum atomic E-state index is 0.0561. The molecule has 56 valence electrons. The Morgan fingerprint density at radius 2 is 1.67 bits per heavy atom. The Bertz CT molecular complexity index is 54.2. The molecule has 0 atom stereocenters. The maximum atomic E-state index is 4.95. The number of rotatable bonds is 5. The molecule has 0 amide bonds. The first-order chi connectivity index (χ1) is 4.35. The van der Waals surface area contributed by atoms with E-state index in [1.165, 1.54) is 0 Å². The van der Waals surface area contributed by atoms with Crippen LogP contribution in [-0.4, -0.2) is 33.5 Å². The first-order valence-corrected chi connectivity index (χ1v) is 3.48. The molecule has 0 aromatic carbocycles. The van der Waals surface area contributed by atoms with Gasteiger partial charge in [-0.3, -0.25) is 0 Å². The summed E-state index contributed by atoms with van der Waals surface area (Å²) in [5.41, 5.74) is 0. The van der Waals surface area contributed by atoms with Gasteiger partial charge in [0.25, 0.3) is 0 Å². The van der Waals surface area contributed by atoms with Gasteiger partial charge in [-0.25, -0.2) is 0 Å². The fourth-order valence-corrected chi connectivity index (χ4v) is 0.765. The van der Waals surface area contributed by atoms with E-state index in [1.54, 1.807) is 14.2 Å².